The fourth-order valence-corrected chi connectivity index (χ4v) is 1.84. The number of halogens is 1. The Kier molecular flexibility index (Phi) is 3.79. The summed E-state index contributed by atoms with van der Waals surface area (Å²) < 4.78 is 0. The lowest BCUT2D eigenvalue weighted by Gasteiger charge is -2.07. The van der Waals surface area contributed by atoms with Crippen molar-refractivity contribution >= 4 is 23.2 Å². The van der Waals surface area contributed by atoms with E-state index >= 15 is 0 Å². The molecule has 0 saturated heterocycles. The summed E-state index contributed by atoms with van der Waals surface area (Å²) in [7, 11) is 0. The third-order valence-corrected chi connectivity index (χ3v) is 2.77. The monoisotopic (exact) mass is 271 g/mol. The van der Waals surface area contributed by atoms with Crippen molar-refractivity contribution in [2.75, 3.05) is 5.32 Å². The Bertz CT molecular complexity index is 677. The summed E-state index contributed by atoms with van der Waals surface area (Å²) in [5.41, 5.74) is 2.06. The number of anilines is 1. The Hall–Kier alpha value is -2.38. The van der Waals surface area contributed by atoms with Crippen LogP contribution in [0.5, 0.6) is 0 Å². The number of aromatic nitrogens is 1. The van der Waals surface area contributed by atoms with Gasteiger partial charge in [0.1, 0.15) is 5.15 Å². The first-order valence-electron chi connectivity index (χ1n) is 5.55. The van der Waals surface area contributed by atoms with Gasteiger partial charge in [0, 0.05) is 11.4 Å². The van der Waals surface area contributed by atoms with Gasteiger partial charge in [0.15, 0.2) is 0 Å². The van der Waals surface area contributed by atoms with Crippen molar-refractivity contribution in [2.45, 2.75) is 6.92 Å². The molecule has 1 N–H and O–H groups in total. The molecular weight excluding hydrogens is 262 g/mol. The van der Waals surface area contributed by atoms with Gasteiger partial charge in [0.05, 0.1) is 17.2 Å². The average molecular weight is 272 g/mol. The summed E-state index contributed by atoms with van der Waals surface area (Å²) in [6, 6.07) is 12.0. The fraction of sp³-hybridized carbons (Fsp3) is 0.0714. The molecule has 0 spiro atoms. The van der Waals surface area contributed by atoms with Crippen LogP contribution in [0.25, 0.3) is 0 Å². The minimum Gasteiger partial charge on any atom is -0.322 e. The van der Waals surface area contributed by atoms with E-state index in [0.29, 0.717) is 16.8 Å². The molecule has 2 aromatic rings. The summed E-state index contributed by atoms with van der Waals surface area (Å²) in [6.45, 7) is 1.80. The first kappa shape index (κ1) is 13.1. The molecule has 0 unspecified atom stereocenters. The predicted octanol–water partition coefficient (Wildman–Crippen LogP) is 3.17. The maximum Gasteiger partial charge on any atom is 0.258 e. The van der Waals surface area contributed by atoms with Crippen LogP contribution in [0.1, 0.15) is 21.6 Å². The van der Waals surface area contributed by atoms with Gasteiger partial charge >= 0.3 is 0 Å². The van der Waals surface area contributed by atoms with Crippen LogP contribution < -0.4 is 5.32 Å². The SMILES string of the molecule is Cc1ccc(C(=O)Nc2cccc(C#N)c2)c(Cl)n1. The molecule has 0 aliphatic rings. The molecule has 19 heavy (non-hydrogen) atoms. The first-order valence-corrected chi connectivity index (χ1v) is 5.92. The second kappa shape index (κ2) is 5.51. The summed E-state index contributed by atoms with van der Waals surface area (Å²) >= 11 is 5.92. The number of nitrogens with one attached hydrogen (secondary N) is 1. The quantitative estimate of drug-likeness (QED) is 0.853. The number of amides is 1. The average Bonchev–Trinajstić information content (AvgIpc) is 2.38. The number of pyridine rings is 1. The number of rotatable bonds is 2. The molecule has 0 radical (unpaired) electrons. The Morgan fingerprint density at radius 2 is 2.16 bits per heavy atom. The molecule has 4 nitrogen and oxygen atoms in total. The topological polar surface area (TPSA) is 65.8 Å². The second-order valence-electron chi connectivity index (χ2n) is 3.94. The number of aryl methyl sites for hydroxylation is 1. The molecule has 0 aliphatic heterocycles. The normalized spacial score (nSPS) is 9.74. The lowest BCUT2D eigenvalue weighted by Crippen LogP contribution is -2.13. The first-order chi connectivity index (χ1) is 9.10. The zero-order valence-corrected chi connectivity index (χ0v) is 10.9. The lowest BCUT2D eigenvalue weighted by atomic mass is 10.2. The zero-order chi connectivity index (χ0) is 13.8. The summed E-state index contributed by atoms with van der Waals surface area (Å²) in [5, 5.41) is 11.6. The minimum atomic E-state index is -0.354. The Balaban J connectivity index is 2.23. The minimum absolute atomic E-state index is 0.161. The van der Waals surface area contributed by atoms with Gasteiger partial charge in [0.2, 0.25) is 0 Å². The number of carbonyl (C=O) groups is 1. The van der Waals surface area contributed by atoms with Crippen molar-refractivity contribution in [3.63, 3.8) is 0 Å². The molecule has 0 atom stereocenters. The number of hydrogen-bond acceptors (Lipinski definition) is 3. The third kappa shape index (κ3) is 3.09. The molecule has 1 amide bonds. The van der Waals surface area contributed by atoms with Crippen LogP contribution >= 0.6 is 11.6 Å². The van der Waals surface area contributed by atoms with E-state index in [1.165, 1.54) is 0 Å². The van der Waals surface area contributed by atoms with Crippen molar-refractivity contribution in [1.82, 2.24) is 4.98 Å². The zero-order valence-electron chi connectivity index (χ0n) is 10.1. The van der Waals surface area contributed by atoms with Gasteiger partial charge in [-0.1, -0.05) is 17.7 Å². The fourth-order valence-electron chi connectivity index (χ4n) is 1.56. The molecule has 0 fully saturated rings. The van der Waals surface area contributed by atoms with Crippen LogP contribution in [0.3, 0.4) is 0 Å². The van der Waals surface area contributed by atoms with E-state index < -0.39 is 0 Å². The highest BCUT2D eigenvalue weighted by Gasteiger charge is 2.11. The van der Waals surface area contributed by atoms with Gasteiger partial charge in [-0.25, -0.2) is 4.98 Å². The second-order valence-corrected chi connectivity index (χ2v) is 4.30. The van der Waals surface area contributed by atoms with Crippen LogP contribution in [-0.4, -0.2) is 10.9 Å². The van der Waals surface area contributed by atoms with Gasteiger partial charge in [-0.15, -0.1) is 0 Å². The van der Waals surface area contributed by atoms with E-state index in [0.717, 1.165) is 5.69 Å². The van der Waals surface area contributed by atoms with E-state index in [4.69, 9.17) is 16.9 Å². The van der Waals surface area contributed by atoms with E-state index in [2.05, 4.69) is 10.3 Å². The maximum absolute atomic E-state index is 12.0. The number of hydrogen-bond donors (Lipinski definition) is 1. The molecule has 1 heterocycles. The Morgan fingerprint density at radius 1 is 1.37 bits per heavy atom. The summed E-state index contributed by atoms with van der Waals surface area (Å²) in [6.07, 6.45) is 0. The molecule has 2 rings (SSSR count). The van der Waals surface area contributed by atoms with Gasteiger partial charge < -0.3 is 5.32 Å². The highest BCUT2D eigenvalue weighted by atomic mass is 35.5. The highest BCUT2D eigenvalue weighted by Crippen LogP contribution is 2.16. The van der Waals surface area contributed by atoms with Crippen LogP contribution in [-0.2, 0) is 0 Å². The van der Waals surface area contributed by atoms with Crippen LogP contribution in [0.15, 0.2) is 36.4 Å². The molecule has 1 aromatic heterocycles. The van der Waals surface area contributed by atoms with Crippen molar-refractivity contribution in [3.05, 3.63) is 58.4 Å². The van der Waals surface area contributed by atoms with Crippen LogP contribution in [0.2, 0.25) is 5.15 Å². The molecule has 0 bridgehead atoms. The smallest absolute Gasteiger partial charge is 0.258 e. The predicted molar refractivity (Wildman–Crippen MR) is 73.1 cm³/mol. The molecule has 94 valence electrons. The number of carbonyl (C=O) groups excluding carboxylic acids is 1. The maximum atomic E-state index is 12.0. The molecule has 5 heteroatoms. The van der Waals surface area contributed by atoms with Gasteiger partial charge in [-0.3, -0.25) is 4.79 Å². The van der Waals surface area contributed by atoms with Gasteiger partial charge in [-0.2, -0.15) is 5.26 Å². The van der Waals surface area contributed by atoms with Crippen molar-refractivity contribution < 1.29 is 4.79 Å². The summed E-state index contributed by atoms with van der Waals surface area (Å²) in [4.78, 5) is 16.0. The molecule has 0 aliphatic carbocycles. The Labute approximate surface area is 115 Å². The van der Waals surface area contributed by atoms with E-state index in [-0.39, 0.29) is 11.1 Å². The number of benzene rings is 1. The lowest BCUT2D eigenvalue weighted by molar-refractivity contribution is 0.102. The summed E-state index contributed by atoms with van der Waals surface area (Å²) in [5.74, 6) is -0.354. The Morgan fingerprint density at radius 3 is 2.84 bits per heavy atom. The van der Waals surface area contributed by atoms with Crippen molar-refractivity contribution in [3.8, 4) is 6.07 Å². The van der Waals surface area contributed by atoms with Crippen LogP contribution in [0.4, 0.5) is 5.69 Å². The number of nitrogens with zero attached hydrogens (tertiary/aromatic N) is 2. The van der Waals surface area contributed by atoms with E-state index in [9.17, 15) is 4.79 Å². The van der Waals surface area contributed by atoms with E-state index in [1.807, 2.05) is 6.07 Å². The standard InChI is InChI=1S/C14H10ClN3O/c1-9-5-6-12(13(15)17-9)14(19)18-11-4-2-3-10(7-11)8-16/h2-7H,1H3,(H,18,19). The number of nitriles is 1. The van der Waals surface area contributed by atoms with Crippen molar-refractivity contribution in [2.24, 2.45) is 0 Å². The van der Waals surface area contributed by atoms with Crippen molar-refractivity contribution in [1.29, 1.82) is 5.26 Å². The van der Waals surface area contributed by atoms with Gasteiger partial charge in [0.25, 0.3) is 5.91 Å². The largest absolute Gasteiger partial charge is 0.322 e. The van der Waals surface area contributed by atoms with E-state index in [1.54, 1.807) is 43.3 Å². The molecule has 1 aromatic carbocycles. The molecule has 0 saturated carbocycles. The van der Waals surface area contributed by atoms with Crippen LogP contribution in [0, 0.1) is 18.3 Å². The van der Waals surface area contributed by atoms with Gasteiger partial charge in [-0.05, 0) is 37.3 Å². The third-order valence-electron chi connectivity index (χ3n) is 2.48. The highest BCUT2D eigenvalue weighted by molar-refractivity contribution is 6.33. The molecular formula is C14H10ClN3O.